The first-order valence-electron chi connectivity index (χ1n) is 7.48. The van der Waals surface area contributed by atoms with E-state index in [-0.39, 0.29) is 18.5 Å². The van der Waals surface area contributed by atoms with Gasteiger partial charge in [0.2, 0.25) is 5.91 Å². The maximum atomic E-state index is 11.5. The molecule has 0 aromatic carbocycles. The average molecular weight is 287 g/mol. The van der Waals surface area contributed by atoms with Crippen molar-refractivity contribution >= 4 is 11.9 Å². The van der Waals surface area contributed by atoms with Crippen LogP contribution in [-0.4, -0.2) is 56.1 Å². The number of carbonyl (C=O) groups is 2. The second-order valence-electron chi connectivity index (χ2n) is 4.56. The minimum absolute atomic E-state index is 0.0570. The van der Waals surface area contributed by atoms with Gasteiger partial charge in [0.15, 0.2) is 0 Å². The molecule has 0 radical (unpaired) electrons. The summed E-state index contributed by atoms with van der Waals surface area (Å²) in [7, 11) is 1.50. The minimum Gasteiger partial charge on any atom is -0.463 e. The van der Waals surface area contributed by atoms with Gasteiger partial charge in [-0.3, -0.25) is 9.59 Å². The van der Waals surface area contributed by atoms with Crippen LogP contribution in [0.4, 0.5) is 0 Å². The number of esters is 1. The summed E-state index contributed by atoms with van der Waals surface area (Å²) in [4.78, 5) is 24.8. The molecule has 0 aromatic rings. The summed E-state index contributed by atoms with van der Waals surface area (Å²) in [6.07, 6.45) is 4.05. The fourth-order valence-corrected chi connectivity index (χ4v) is 1.95. The summed E-state index contributed by atoms with van der Waals surface area (Å²) in [5.74, 6) is -0.612. The number of likely N-dealkylation sites (tertiary alicyclic amines) is 1. The van der Waals surface area contributed by atoms with Crippen LogP contribution in [0.1, 0.15) is 39.5 Å². The third-order valence-corrected chi connectivity index (χ3v) is 3.09. The van der Waals surface area contributed by atoms with Crippen molar-refractivity contribution in [3.05, 3.63) is 0 Å². The van der Waals surface area contributed by atoms with Crippen molar-refractivity contribution < 1.29 is 14.3 Å². The van der Waals surface area contributed by atoms with Gasteiger partial charge in [0.1, 0.15) is 12.6 Å². The summed E-state index contributed by atoms with van der Waals surface area (Å²) in [6, 6.07) is -0.783. The molecule has 1 heterocycles. The lowest BCUT2D eigenvalue weighted by atomic mass is 10.1. The van der Waals surface area contributed by atoms with E-state index >= 15 is 0 Å². The Hall–Kier alpha value is -1.14. The highest BCUT2D eigenvalue weighted by molar-refractivity contribution is 5.81. The van der Waals surface area contributed by atoms with E-state index in [2.05, 4.69) is 10.2 Å². The van der Waals surface area contributed by atoms with Gasteiger partial charge < -0.3 is 20.7 Å². The molecule has 1 fully saturated rings. The number of nitrogens with two attached hydrogens (primary N) is 1. The Morgan fingerprint density at radius 2 is 1.85 bits per heavy atom. The van der Waals surface area contributed by atoms with Gasteiger partial charge in [-0.25, -0.2) is 0 Å². The number of ether oxygens (including phenoxy) is 1. The molecule has 118 valence electrons. The SMILES string of the molecule is CC.CNC(=O)C(N)COC(=O)CCN1CCCCC1. The molecule has 1 aliphatic rings. The van der Waals surface area contributed by atoms with Crippen LogP contribution in [0.5, 0.6) is 0 Å². The Morgan fingerprint density at radius 3 is 2.40 bits per heavy atom. The molecule has 0 aromatic heterocycles. The van der Waals surface area contributed by atoms with E-state index in [1.165, 1.54) is 26.3 Å². The molecular weight excluding hydrogens is 258 g/mol. The van der Waals surface area contributed by atoms with Crippen LogP contribution in [0, 0.1) is 0 Å². The molecule has 1 unspecified atom stereocenters. The fraction of sp³-hybridized carbons (Fsp3) is 0.857. The highest BCUT2D eigenvalue weighted by Crippen LogP contribution is 2.08. The Kier molecular flexibility index (Phi) is 11.0. The van der Waals surface area contributed by atoms with Crippen LogP contribution in [0.2, 0.25) is 0 Å². The van der Waals surface area contributed by atoms with Gasteiger partial charge in [0, 0.05) is 13.6 Å². The Morgan fingerprint density at radius 1 is 1.25 bits per heavy atom. The number of nitrogens with zero attached hydrogens (tertiary/aromatic N) is 1. The first-order valence-corrected chi connectivity index (χ1v) is 7.48. The third-order valence-electron chi connectivity index (χ3n) is 3.09. The van der Waals surface area contributed by atoms with Gasteiger partial charge in [0.25, 0.3) is 0 Å². The quantitative estimate of drug-likeness (QED) is 0.695. The first kappa shape index (κ1) is 18.9. The predicted octanol–water partition coefficient (Wildman–Crippen LogP) is 0.505. The second kappa shape index (κ2) is 11.7. The highest BCUT2D eigenvalue weighted by Gasteiger charge is 2.15. The normalized spacial score (nSPS) is 16.6. The molecule has 0 spiro atoms. The number of piperidine rings is 1. The minimum atomic E-state index is -0.783. The van der Waals surface area contributed by atoms with Gasteiger partial charge in [-0.15, -0.1) is 0 Å². The van der Waals surface area contributed by atoms with Crippen molar-refractivity contribution in [1.82, 2.24) is 10.2 Å². The number of likely N-dealkylation sites (N-methyl/N-ethyl adjacent to an activating group) is 1. The zero-order chi connectivity index (χ0) is 15.4. The molecule has 3 N–H and O–H groups in total. The highest BCUT2D eigenvalue weighted by atomic mass is 16.5. The molecule has 1 saturated heterocycles. The fourth-order valence-electron chi connectivity index (χ4n) is 1.95. The topological polar surface area (TPSA) is 84.7 Å². The maximum Gasteiger partial charge on any atom is 0.307 e. The summed E-state index contributed by atoms with van der Waals surface area (Å²) in [6.45, 7) is 6.79. The van der Waals surface area contributed by atoms with E-state index in [1.807, 2.05) is 13.8 Å². The second-order valence-corrected chi connectivity index (χ2v) is 4.56. The molecule has 1 amide bonds. The molecule has 6 nitrogen and oxygen atoms in total. The van der Waals surface area contributed by atoms with Crippen molar-refractivity contribution in [3.8, 4) is 0 Å². The monoisotopic (exact) mass is 287 g/mol. The third kappa shape index (κ3) is 8.12. The van der Waals surface area contributed by atoms with Crippen molar-refractivity contribution in [2.45, 2.75) is 45.6 Å². The van der Waals surface area contributed by atoms with Crippen LogP contribution in [0.25, 0.3) is 0 Å². The van der Waals surface area contributed by atoms with Crippen molar-refractivity contribution in [3.63, 3.8) is 0 Å². The van der Waals surface area contributed by atoms with E-state index in [1.54, 1.807) is 0 Å². The van der Waals surface area contributed by atoms with E-state index < -0.39 is 6.04 Å². The number of hydrogen-bond donors (Lipinski definition) is 2. The molecule has 0 saturated carbocycles. The van der Waals surface area contributed by atoms with Crippen LogP contribution in [-0.2, 0) is 14.3 Å². The van der Waals surface area contributed by atoms with Gasteiger partial charge in [0.05, 0.1) is 6.42 Å². The van der Waals surface area contributed by atoms with E-state index in [9.17, 15) is 9.59 Å². The van der Waals surface area contributed by atoms with Crippen LogP contribution < -0.4 is 11.1 Å². The zero-order valence-corrected chi connectivity index (χ0v) is 13.0. The maximum absolute atomic E-state index is 11.5. The largest absolute Gasteiger partial charge is 0.463 e. The molecule has 6 heteroatoms. The lowest BCUT2D eigenvalue weighted by Gasteiger charge is -2.25. The van der Waals surface area contributed by atoms with E-state index in [4.69, 9.17) is 10.5 Å². The van der Waals surface area contributed by atoms with Gasteiger partial charge in [-0.1, -0.05) is 20.3 Å². The summed E-state index contributed by atoms with van der Waals surface area (Å²) >= 11 is 0. The number of carbonyl (C=O) groups excluding carboxylic acids is 2. The van der Waals surface area contributed by atoms with Crippen molar-refractivity contribution in [2.24, 2.45) is 5.73 Å². The average Bonchev–Trinajstić information content (AvgIpc) is 2.52. The smallest absolute Gasteiger partial charge is 0.307 e. The van der Waals surface area contributed by atoms with Gasteiger partial charge >= 0.3 is 5.97 Å². The first-order chi connectivity index (χ1) is 9.63. The number of rotatable bonds is 6. The lowest BCUT2D eigenvalue weighted by molar-refractivity contribution is -0.145. The molecule has 20 heavy (non-hydrogen) atoms. The number of amides is 1. The zero-order valence-electron chi connectivity index (χ0n) is 13.0. The number of hydrogen-bond acceptors (Lipinski definition) is 5. The van der Waals surface area contributed by atoms with Crippen LogP contribution >= 0.6 is 0 Å². The summed E-state index contributed by atoms with van der Waals surface area (Å²) < 4.78 is 4.97. The Bertz CT molecular complexity index is 279. The standard InChI is InChI=1S/C12H23N3O3.C2H6/c1-14-12(17)10(13)9-18-11(16)5-8-15-6-3-2-4-7-15;1-2/h10H,2-9,13H2,1H3,(H,14,17);1-2H3. The van der Waals surface area contributed by atoms with Crippen molar-refractivity contribution in [2.75, 3.05) is 33.3 Å². The van der Waals surface area contributed by atoms with E-state index in [0.29, 0.717) is 6.42 Å². The Balaban J connectivity index is 0.00000172. The molecule has 1 rings (SSSR count). The van der Waals surface area contributed by atoms with Gasteiger partial charge in [-0.05, 0) is 25.9 Å². The van der Waals surface area contributed by atoms with Crippen molar-refractivity contribution in [1.29, 1.82) is 0 Å². The summed E-state index contributed by atoms with van der Waals surface area (Å²) in [5.41, 5.74) is 5.52. The molecule has 1 atom stereocenters. The molecule has 1 aliphatic heterocycles. The van der Waals surface area contributed by atoms with Crippen LogP contribution in [0.3, 0.4) is 0 Å². The molecule has 0 aliphatic carbocycles. The van der Waals surface area contributed by atoms with Gasteiger partial charge in [-0.2, -0.15) is 0 Å². The Labute approximate surface area is 122 Å². The molecule has 0 bridgehead atoms. The lowest BCUT2D eigenvalue weighted by Crippen LogP contribution is -2.42. The molecular formula is C14H29N3O3. The number of nitrogens with one attached hydrogen (secondary N) is 1. The predicted molar refractivity (Wildman–Crippen MR) is 79.3 cm³/mol. The van der Waals surface area contributed by atoms with Crippen LogP contribution in [0.15, 0.2) is 0 Å². The van der Waals surface area contributed by atoms with E-state index in [0.717, 1.165) is 19.6 Å². The summed E-state index contributed by atoms with van der Waals surface area (Å²) in [5, 5.41) is 2.41.